The number of guanidine groups is 1. The van der Waals surface area contributed by atoms with Crippen LogP contribution in [0.25, 0.3) is 0 Å². The van der Waals surface area contributed by atoms with Crippen LogP contribution in [0.2, 0.25) is 0 Å². The van der Waals surface area contributed by atoms with Crippen molar-refractivity contribution in [3.05, 3.63) is 23.9 Å². The van der Waals surface area contributed by atoms with Gasteiger partial charge in [0.05, 0.1) is 6.61 Å². The van der Waals surface area contributed by atoms with E-state index in [0.717, 1.165) is 50.1 Å². The van der Waals surface area contributed by atoms with Crippen molar-refractivity contribution in [2.45, 2.75) is 6.54 Å². The Morgan fingerprint density at radius 1 is 1.25 bits per heavy atom. The van der Waals surface area contributed by atoms with Crippen LogP contribution in [0.5, 0.6) is 0 Å². The Bertz CT molecular complexity index is 488. The lowest BCUT2D eigenvalue weighted by Crippen LogP contribution is -2.44. The quantitative estimate of drug-likeness (QED) is 0.290. The Hall–Kier alpha value is -1.13. The Morgan fingerprint density at radius 3 is 2.58 bits per heavy atom. The normalized spacial score (nSPS) is 15.8. The number of hydrogen-bond acceptors (Lipinski definition) is 5. The molecule has 24 heavy (non-hydrogen) atoms. The molecule has 0 spiro atoms. The highest BCUT2D eigenvalue weighted by atomic mass is 127. The topological polar surface area (TPSA) is 65.0 Å². The fraction of sp³-hybridized carbons (Fsp3) is 0.625. The molecule has 2 rings (SSSR count). The largest absolute Gasteiger partial charge is 0.383 e. The van der Waals surface area contributed by atoms with Gasteiger partial charge in [0.25, 0.3) is 0 Å². The number of piperazine rings is 1. The maximum absolute atomic E-state index is 5.01. The first-order chi connectivity index (χ1) is 11.2. The molecule has 0 unspecified atom stereocenters. The van der Waals surface area contributed by atoms with Crippen molar-refractivity contribution in [2.75, 3.05) is 65.4 Å². The summed E-state index contributed by atoms with van der Waals surface area (Å²) in [5, 5.41) is 6.46. The number of likely N-dealkylation sites (N-methyl/N-ethyl adjacent to an activating group) is 1. The molecule has 1 fully saturated rings. The number of hydrogen-bond donors (Lipinski definition) is 2. The van der Waals surface area contributed by atoms with Gasteiger partial charge in [0.2, 0.25) is 0 Å². The van der Waals surface area contributed by atoms with Gasteiger partial charge >= 0.3 is 0 Å². The molecule has 1 aromatic rings. The number of methoxy groups -OCH3 is 1. The Balaban J connectivity index is 0.00000288. The van der Waals surface area contributed by atoms with Gasteiger partial charge in [-0.25, -0.2) is 4.98 Å². The van der Waals surface area contributed by atoms with Crippen molar-refractivity contribution in [2.24, 2.45) is 4.99 Å². The molecule has 1 aliphatic heterocycles. The summed E-state index contributed by atoms with van der Waals surface area (Å²) in [6, 6.07) is 4.22. The SMILES string of the molecule is CN=C(NCCOC)NCc1ccc(N2CCN(C)CC2)nc1.I. The number of aliphatic imine (C=N–C) groups is 1. The van der Waals surface area contributed by atoms with E-state index in [1.165, 1.54) is 0 Å². The van der Waals surface area contributed by atoms with E-state index in [4.69, 9.17) is 4.74 Å². The van der Waals surface area contributed by atoms with Gasteiger partial charge in [-0.15, -0.1) is 24.0 Å². The van der Waals surface area contributed by atoms with Crippen LogP contribution in [0.1, 0.15) is 5.56 Å². The number of halogens is 1. The van der Waals surface area contributed by atoms with E-state index in [2.05, 4.69) is 49.6 Å². The van der Waals surface area contributed by atoms with E-state index in [-0.39, 0.29) is 24.0 Å². The highest BCUT2D eigenvalue weighted by molar-refractivity contribution is 14.0. The fourth-order valence-electron chi connectivity index (χ4n) is 2.42. The molecule has 0 atom stereocenters. The first-order valence-electron chi connectivity index (χ1n) is 8.05. The minimum absolute atomic E-state index is 0. The molecule has 0 bridgehead atoms. The molecule has 0 aliphatic carbocycles. The van der Waals surface area contributed by atoms with Crippen molar-refractivity contribution in [3.63, 3.8) is 0 Å². The number of anilines is 1. The molecule has 0 amide bonds. The smallest absolute Gasteiger partial charge is 0.191 e. The second-order valence-electron chi connectivity index (χ2n) is 5.66. The zero-order valence-corrected chi connectivity index (χ0v) is 17.1. The summed E-state index contributed by atoms with van der Waals surface area (Å²) >= 11 is 0. The van der Waals surface area contributed by atoms with Gasteiger partial charge in [-0.05, 0) is 18.7 Å². The van der Waals surface area contributed by atoms with Crippen LogP contribution in [-0.4, -0.2) is 76.4 Å². The van der Waals surface area contributed by atoms with Gasteiger partial charge < -0.3 is 25.2 Å². The lowest BCUT2D eigenvalue weighted by atomic mass is 10.2. The molecule has 136 valence electrons. The predicted molar refractivity (Wildman–Crippen MR) is 109 cm³/mol. The number of nitrogens with zero attached hydrogens (tertiary/aromatic N) is 4. The standard InChI is InChI=1S/C16H28N6O.HI/c1-17-16(18-6-11-23-3)20-13-14-4-5-15(19-12-14)22-9-7-21(2)8-10-22;/h4-5,12H,6-11,13H2,1-3H3,(H2,17,18,20);1H. The monoisotopic (exact) mass is 448 g/mol. The first-order valence-corrected chi connectivity index (χ1v) is 8.05. The van der Waals surface area contributed by atoms with E-state index in [1.807, 2.05) is 6.20 Å². The molecule has 2 heterocycles. The number of rotatable bonds is 6. The van der Waals surface area contributed by atoms with Crippen LogP contribution in [0.4, 0.5) is 5.82 Å². The highest BCUT2D eigenvalue weighted by Gasteiger charge is 2.14. The van der Waals surface area contributed by atoms with Crippen molar-refractivity contribution in [1.29, 1.82) is 0 Å². The van der Waals surface area contributed by atoms with Crippen molar-refractivity contribution >= 4 is 35.8 Å². The zero-order chi connectivity index (χ0) is 16.5. The van der Waals surface area contributed by atoms with Crippen LogP contribution < -0.4 is 15.5 Å². The fourth-order valence-corrected chi connectivity index (χ4v) is 2.42. The summed E-state index contributed by atoms with van der Waals surface area (Å²) in [5.41, 5.74) is 1.14. The van der Waals surface area contributed by atoms with Gasteiger partial charge in [-0.3, -0.25) is 4.99 Å². The van der Waals surface area contributed by atoms with E-state index >= 15 is 0 Å². The average Bonchev–Trinajstić information content (AvgIpc) is 2.59. The summed E-state index contributed by atoms with van der Waals surface area (Å²) < 4.78 is 5.01. The predicted octanol–water partition coefficient (Wildman–Crippen LogP) is 0.763. The van der Waals surface area contributed by atoms with Crippen LogP contribution >= 0.6 is 24.0 Å². The summed E-state index contributed by atoms with van der Waals surface area (Å²) in [5.74, 6) is 1.83. The van der Waals surface area contributed by atoms with E-state index in [0.29, 0.717) is 13.2 Å². The molecule has 8 heteroatoms. The number of pyridine rings is 1. The van der Waals surface area contributed by atoms with Gasteiger partial charge in [0.15, 0.2) is 5.96 Å². The molecule has 0 aromatic carbocycles. The Morgan fingerprint density at radius 2 is 2.00 bits per heavy atom. The molecular weight excluding hydrogens is 419 g/mol. The minimum atomic E-state index is 0. The molecule has 1 aliphatic rings. The van der Waals surface area contributed by atoms with Gasteiger partial charge in [0.1, 0.15) is 5.82 Å². The maximum atomic E-state index is 5.01. The molecule has 0 radical (unpaired) electrons. The third-order valence-corrected chi connectivity index (χ3v) is 3.92. The molecular formula is C16H29IN6O. The Kier molecular flexibility index (Phi) is 9.96. The van der Waals surface area contributed by atoms with Crippen molar-refractivity contribution in [1.82, 2.24) is 20.5 Å². The zero-order valence-electron chi connectivity index (χ0n) is 14.8. The third-order valence-electron chi connectivity index (χ3n) is 3.92. The van der Waals surface area contributed by atoms with Crippen LogP contribution in [0.15, 0.2) is 23.3 Å². The van der Waals surface area contributed by atoms with E-state index in [1.54, 1.807) is 14.2 Å². The minimum Gasteiger partial charge on any atom is -0.383 e. The third kappa shape index (κ3) is 6.78. The maximum Gasteiger partial charge on any atom is 0.191 e. The van der Waals surface area contributed by atoms with Gasteiger partial charge in [-0.1, -0.05) is 6.07 Å². The molecule has 2 N–H and O–H groups in total. The number of ether oxygens (including phenoxy) is 1. The summed E-state index contributed by atoms with van der Waals surface area (Å²) in [6.07, 6.45) is 1.93. The van der Waals surface area contributed by atoms with Crippen molar-refractivity contribution < 1.29 is 4.74 Å². The first kappa shape index (κ1) is 20.9. The van der Waals surface area contributed by atoms with Gasteiger partial charge in [0, 0.05) is 59.6 Å². The second kappa shape index (κ2) is 11.4. The van der Waals surface area contributed by atoms with Crippen LogP contribution in [0.3, 0.4) is 0 Å². The van der Waals surface area contributed by atoms with E-state index < -0.39 is 0 Å². The van der Waals surface area contributed by atoms with Crippen LogP contribution in [-0.2, 0) is 11.3 Å². The average molecular weight is 448 g/mol. The number of aromatic nitrogens is 1. The second-order valence-corrected chi connectivity index (χ2v) is 5.66. The van der Waals surface area contributed by atoms with Crippen molar-refractivity contribution in [3.8, 4) is 0 Å². The Labute approximate surface area is 161 Å². The number of nitrogens with one attached hydrogen (secondary N) is 2. The molecule has 1 aromatic heterocycles. The summed E-state index contributed by atoms with van der Waals surface area (Å²) in [6.45, 7) is 6.35. The van der Waals surface area contributed by atoms with Gasteiger partial charge in [-0.2, -0.15) is 0 Å². The highest BCUT2D eigenvalue weighted by Crippen LogP contribution is 2.13. The van der Waals surface area contributed by atoms with E-state index in [9.17, 15) is 0 Å². The summed E-state index contributed by atoms with van der Waals surface area (Å²) in [4.78, 5) is 13.5. The lowest BCUT2D eigenvalue weighted by molar-refractivity contribution is 0.203. The molecule has 1 saturated heterocycles. The van der Waals surface area contributed by atoms with Crippen LogP contribution in [0, 0.1) is 0 Å². The molecule has 0 saturated carbocycles. The summed E-state index contributed by atoms with van der Waals surface area (Å²) in [7, 11) is 5.61. The molecule has 7 nitrogen and oxygen atoms in total. The lowest BCUT2D eigenvalue weighted by Gasteiger charge is -2.33.